The van der Waals surface area contributed by atoms with Crippen LogP contribution in [0.2, 0.25) is 0 Å². The van der Waals surface area contributed by atoms with Crippen molar-refractivity contribution in [3.05, 3.63) is 10.6 Å². The summed E-state index contributed by atoms with van der Waals surface area (Å²) in [6.45, 7) is 12.5. The Hall–Kier alpha value is -0.650. The van der Waals surface area contributed by atoms with E-state index in [1.807, 2.05) is 11.3 Å². The van der Waals surface area contributed by atoms with Crippen LogP contribution in [0, 0.1) is 6.92 Å². The van der Waals surface area contributed by atoms with Crippen LogP contribution in [0.25, 0.3) is 0 Å². The molecule has 0 bridgehead atoms. The van der Waals surface area contributed by atoms with Crippen LogP contribution in [0.5, 0.6) is 0 Å². The van der Waals surface area contributed by atoms with Crippen molar-refractivity contribution in [1.82, 2.24) is 10.3 Å². The molecule has 0 aliphatic carbocycles. The maximum atomic E-state index is 5.78. The number of aromatic nitrogens is 1. The maximum Gasteiger partial charge on any atom is 0.185 e. The zero-order valence-corrected chi connectivity index (χ0v) is 13.2. The molecule has 0 aromatic carbocycles. The lowest BCUT2D eigenvalue weighted by Crippen LogP contribution is -2.45. The second-order valence-corrected chi connectivity index (χ2v) is 6.41. The third-order valence-electron chi connectivity index (χ3n) is 3.28. The Kier molecular flexibility index (Phi) is 5.19. The lowest BCUT2D eigenvalue weighted by atomic mass is 10.2. The molecule has 1 saturated heterocycles. The number of thiazole rings is 1. The van der Waals surface area contributed by atoms with Crippen LogP contribution in [0.1, 0.15) is 37.8 Å². The molecular formula is C14H25N3OS. The predicted molar refractivity (Wildman–Crippen MR) is 81.1 cm³/mol. The average Bonchev–Trinajstić information content (AvgIpc) is 2.70. The van der Waals surface area contributed by atoms with Gasteiger partial charge in [-0.3, -0.25) is 0 Å². The molecule has 4 nitrogen and oxygen atoms in total. The van der Waals surface area contributed by atoms with Gasteiger partial charge < -0.3 is 15.0 Å². The normalized spacial score (nSPS) is 23.9. The number of anilines is 1. The third-order valence-corrected chi connectivity index (χ3v) is 4.50. The van der Waals surface area contributed by atoms with E-state index in [4.69, 9.17) is 9.72 Å². The molecule has 0 saturated carbocycles. The van der Waals surface area contributed by atoms with E-state index < -0.39 is 0 Å². The monoisotopic (exact) mass is 283 g/mol. The van der Waals surface area contributed by atoms with Crippen LogP contribution < -0.4 is 10.2 Å². The van der Waals surface area contributed by atoms with Crippen LogP contribution in [0.4, 0.5) is 5.13 Å². The Morgan fingerprint density at radius 3 is 2.68 bits per heavy atom. The van der Waals surface area contributed by atoms with Crippen molar-refractivity contribution in [3.63, 3.8) is 0 Å². The second kappa shape index (κ2) is 6.68. The first-order valence-corrected chi connectivity index (χ1v) is 7.99. The van der Waals surface area contributed by atoms with Crippen molar-refractivity contribution in [1.29, 1.82) is 0 Å². The standard InChI is InChI=1S/C14H25N3OS/c1-5-6-15-7-13-12(4)16-14(19-13)17-8-10(2)18-11(3)9-17/h10-11,15H,5-9H2,1-4H3/t10-,11+. The molecule has 0 amide bonds. The molecule has 108 valence electrons. The number of morpholine rings is 1. The Labute approximate surface area is 120 Å². The first-order chi connectivity index (χ1) is 9.10. The number of rotatable bonds is 5. The highest BCUT2D eigenvalue weighted by Gasteiger charge is 2.24. The Balaban J connectivity index is 2.02. The Bertz CT molecular complexity index is 397. The molecule has 1 aromatic rings. The summed E-state index contributed by atoms with van der Waals surface area (Å²) in [7, 11) is 0. The summed E-state index contributed by atoms with van der Waals surface area (Å²) in [6.07, 6.45) is 1.74. The van der Waals surface area contributed by atoms with E-state index in [0.717, 1.165) is 37.0 Å². The minimum absolute atomic E-state index is 0.287. The third kappa shape index (κ3) is 3.91. The first kappa shape index (κ1) is 14.8. The molecule has 2 atom stereocenters. The van der Waals surface area contributed by atoms with Gasteiger partial charge in [0.15, 0.2) is 5.13 Å². The molecule has 5 heteroatoms. The van der Waals surface area contributed by atoms with E-state index in [1.165, 1.54) is 11.3 Å². The lowest BCUT2D eigenvalue weighted by Gasteiger charge is -2.35. The summed E-state index contributed by atoms with van der Waals surface area (Å²) in [6, 6.07) is 0. The molecule has 2 rings (SSSR count). The molecule has 0 unspecified atom stereocenters. The topological polar surface area (TPSA) is 37.4 Å². The maximum absolute atomic E-state index is 5.78. The lowest BCUT2D eigenvalue weighted by molar-refractivity contribution is -0.00523. The van der Waals surface area contributed by atoms with Gasteiger partial charge in [-0.25, -0.2) is 4.98 Å². The smallest absolute Gasteiger partial charge is 0.185 e. The molecular weight excluding hydrogens is 258 g/mol. The van der Waals surface area contributed by atoms with E-state index in [9.17, 15) is 0 Å². The average molecular weight is 283 g/mol. The molecule has 1 aromatic heterocycles. The van der Waals surface area contributed by atoms with E-state index in [-0.39, 0.29) is 12.2 Å². The SMILES string of the molecule is CCCNCc1sc(N2C[C@@H](C)O[C@@H](C)C2)nc1C. The summed E-state index contributed by atoms with van der Waals surface area (Å²) >= 11 is 1.82. The highest BCUT2D eigenvalue weighted by atomic mass is 32.1. The van der Waals surface area contributed by atoms with Crippen molar-refractivity contribution in [3.8, 4) is 0 Å². The molecule has 1 N–H and O–H groups in total. The molecule has 0 radical (unpaired) electrons. The zero-order valence-electron chi connectivity index (χ0n) is 12.4. The van der Waals surface area contributed by atoms with Crippen molar-refractivity contribution < 1.29 is 4.74 Å². The summed E-state index contributed by atoms with van der Waals surface area (Å²) in [5.41, 5.74) is 1.16. The number of aryl methyl sites for hydroxylation is 1. The molecule has 2 heterocycles. The van der Waals surface area contributed by atoms with Crippen molar-refractivity contribution in [2.75, 3.05) is 24.5 Å². The van der Waals surface area contributed by atoms with Gasteiger partial charge in [0.05, 0.1) is 17.9 Å². The van der Waals surface area contributed by atoms with Gasteiger partial charge in [0.1, 0.15) is 0 Å². The van der Waals surface area contributed by atoms with Crippen LogP contribution in [0.15, 0.2) is 0 Å². The second-order valence-electron chi connectivity index (χ2n) is 5.34. The largest absolute Gasteiger partial charge is 0.372 e. The van der Waals surface area contributed by atoms with Crippen LogP contribution in [-0.2, 0) is 11.3 Å². The number of nitrogens with zero attached hydrogens (tertiary/aromatic N) is 2. The summed E-state index contributed by atoms with van der Waals surface area (Å²) in [5, 5.41) is 4.60. The predicted octanol–water partition coefficient (Wildman–Crippen LogP) is 2.56. The summed E-state index contributed by atoms with van der Waals surface area (Å²) < 4.78 is 5.78. The van der Waals surface area contributed by atoms with Gasteiger partial charge in [0, 0.05) is 24.5 Å². The van der Waals surface area contributed by atoms with Gasteiger partial charge in [0.25, 0.3) is 0 Å². The fourth-order valence-corrected chi connectivity index (χ4v) is 3.47. The van der Waals surface area contributed by atoms with Gasteiger partial charge >= 0.3 is 0 Å². The highest BCUT2D eigenvalue weighted by Crippen LogP contribution is 2.28. The molecule has 19 heavy (non-hydrogen) atoms. The van der Waals surface area contributed by atoms with Crippen LogP contribution in [0.3, 0.4) is 0 Å². The quantitative estimate of drug-likeness (QED) is 0.843. The van der Waals surface area contributed by atoms with Gasteiger partial charge in [0.2, 0.25) is 0 Å². The van der Waals surface area contributed by atoms with Crippen LogP contribution in [-0.4, -0.2) is 36.8 Å². The number of nitrogens with one attached hydrogen (secondary N) is 1. The minimum atomic E-state index is 0.287. The van der Waals surface area contributed by atoms with E-state index in [1.54, 1.807) is 0 Å². The fraction of sp³-hybridized carbons (Fsp3) is 0.786. The molecule has 1 aliphatic rings. The van der Waals surface area contributed by atoms with Crippen molar-refractivity contribution >= 4 is 16.5 Å². The Morgan fingerprint density at radius 2 is 2.05 bits per heavy atom. The highest BCUT2D eigenvalue weighted by molar-refractivity contribution is 7.15. The molecule has 1 aliphatic heterocycles. The zero-order chi connectivity index (χ0) is 13.8. The summed E-state index contributed by atoms with van der Waals surface area (Å²) in [4.78, 5) is 8.45. The Morgan fingerprint density at radius 1 is 1.37 bits per heavy atom. The minimum Gasteiger partial charge on any atom is -0.372 e. The fourth-order valence-electron chi connectivity index (χ4n) is 2.42. The summed E-state index contributed by atoms with van der Waals surface area (Å²) in [5.74, 6) is 0. The number of ether oxygens (including phenoxy) is 1. The van der Waals surface area contributed by atoms with E-state index in [2.05, 4.69) is 37.9 Å². The molecule has 1 fully saturated rings. The van der Waals surface area contributed by atoms with Gasteiger partial charge in [-0.05, 0) is 33.7 Å². The van der Waals surface area contributed by atoms with Gasteiger partial charge in [-0.2, -0.15) is 0 Å². The van der Waals surface area contributed by atoms with Crippen LogP contribution >= 0.6 is 11.3 Å². The van der Waals surface area contributed by atoms with Gasteiger partial charge in [-0.15, -0.1) is 11.3 Å². The number of hydrogen-bond acceptors (Lipinski definition) is 5. The van der Waals surface area contributed by atoms with Crippen molar-refractivity contribution in [2.45, 2.75) is 52.9 Å². The first-order valence-electron chi connectivity index (χ1n) is 7.17. The number of hydrogen-bond donors (Lipinski definition) is 1. The molecule has 0 spiro atoms. The van der Waals surface area contributed by atoms with Gasteiger partial charge in [-0.1, -0.05) is 6.92 Å². The van der Waals surface area contributed by atoms with E-state index in [0.29, 0.717) is 0 Å². The van der Waals surface area contributed by atoms with Crippen molar-refractivity contribution in [2.24, 2.45) is 0 Å². The van der Waals surface area contributed by atoms with E-state index >= 15 is 0 Å².